The first kappa shape index (κ1) is 18.1. The van der Waals surface area contributed by atoms with Crippen LogP contribution in [0.5, 0.6) is 0 Å². The molecule has 2 amide bonds. The second kappa shape index (κ2) is 8.09. The summed E-state index contributed by atoms with van der Waals surface area (Å²) in [7, 11) is 1.62. The number of amides is 2. The van der Waals surface area contributed by atoms with Crippen LogP contribution in [0.1, 0.15) is 23.0 Å². The van der Waals surface area contributed by atoms with Gasteiger partial charge in [-0.3, -0.25) is 24.2 Å². The summed E-state index contributed by atoms with van der Waals surface area (Å²) in [5.74, 6) is -0.557. The van der Waals surface area contributed by atoms with Crippen LogP contribution in [0.4, 0.5) is 0 Å². The Hall–Kier alpha value is -2.74. The van der Waals surface area contributed by atoms with Gasteiger partial charge in [0.2, 0.25) is 5.91 Å². The number of hydrogen-bond acceptors (Lipinski definition) is 5. The summed E-state index contributed by atoms with van der Waals surface area (Å²) in [4.78, 5) is 31.2. The van der Waals surface area contributed by atoms with Crippen molar-refractivity contribution in [2.24, 2.45) is 5.92 Å². The number of nitrogens with zero attached hydrogens (tertiary/aromatic N) is 4. The van der Waals surface area contributed by atoms with Crippen LogP contribution < -0.4 is 10.6 Å². The van der Waals surface area contributed by atoms with E-state index in [0.717, 1.165) is 5.56 Å². The number of pyridine rings is 1. The molecule has 2 N–H and O–H groups in total. The third-order valence-electron chi connectivity index (χ3n) is 4.67. The minimum atomic E-state index is -0.293. The Labute approximate surface area is 152 Å². The zero-order valence-corrected chi connectivity index (χ0v) is 15.1. The average Bonchev–Trinajstić information content (AvgIpc) is 3.28. The summed E-state index contributed by atoms with van der Waals surface area (Å²) in [6, 6.07) is 5.34. The Balaban J connectivity index is 1.71. The molecule has 0 unspecified atom stereocenters. The van der Waals surface area contributed by atoms with Crippen molar-refractivity contribution in [2.45, 2.75) is 26.1 Å². The van der Waals surface area contributed by atoms with Gasteiger partial charge in [-0.2, -0.15) is 5.10 Å². The van der Waals surface area contributed by atoms with Gasteiger partial charge in [-0.15, -0.1) is 0 Å². The summed E-state index contributed by atoms with van der Waals surface area (Å²) in [6.45, 7) is 4.45. The van der Waals surface area contributed by atoms with Gasteiger partial charge in [0.1, 0.15) is 5.69 Å². The fourth-order valence-electron chi connectivity index (χ4n) is 3.38. The number of hydrogen-bond donors (Lipinski definition) is 2. The van der Waals surface area contributed by atoms with E-state index in [0.29, 0.717) is 31.9 Å². The third-order valence-corrected chi connectivity index (χ3v) is 4.67. The minimum absolute atomic E-state index is 0.0621. The monoisotopic (exact) mass is 356 g/mol. The van der Waals surface area contributed by atoms with Crippen molar-refractivity contribution < 1.29 is 9.59 Å². The van der Waals surface area contributed by atoms with E-state index >= 15 is 0 Å². The number of carbonyl (C=O) groups is 2. The molecule has 1 fully saturated rings. The molecule has 1 saturated heterocycles. The summed E-state index contributed by atoms with van der Waals surface area (Å²) in [6.07, 6.45) is 5.17. The van der Waals surface area contributed by atoms with Crippen LogP contribution in [-0.2, 0) is 17.9 Å². The van der Waals surface area contributed by atoms with Crippen molar-refractivity contribution in [1.29, 1.82) is 0 Å². The van der Waals surface area contributed by atoms with Crippen LogP contribution >= 0.6 is 0 Å². The van der Waals surface area contributed by atoms with E-state index < -0.39 is 0 Å². The van der Waals surface area contributed by atoms with Crippen molar-refractivity contribution in [2.75, 3.05) is 20.1 Å². The molecule has 1 aliphatic rings. The summed E-state index contributed by atoms with van der Waals surface area (Å²) in [5.41, 5.74) is 1.59. The molecule has 0 aliphatic carbocycles. The predicted octanol–water partition coefficient (Wildman–Crippen LogP) is 0.274. The van der Waals surface area contributed by atoms with Crippen molar-refractivity contribution in [1.82, 2.24) is 30.3 Å². The van der Waals surface area contributed by atoms with Crippen LogP contribution in [0.15, 0.2) is 36.8 Å². The number of carbonyl (C=O) groups excluding carboxylic acids is 2. The summed E-state index contributed by atoms with van der Waals surface area (Å²) in [5, 5.41) is 9.85. The highest BCUT2D eigenvalue weighted by molar-refractivity contribution is 5.93. The van der Waals surface area contributed by atoms with Crippen LogP contribution in [0.25, 0.3) is 0 Å². The maximum Gasteiger partial charge on any atom is 0.269 e. The quantitative estimate of drug-likeness (QED) is 0.775. The zero-order valence-electron chi connectivity index (χ0n) is 15.1. The van der Waals surface area contributed by atoms with Crippen molar-refractivity contribution in [3.63, 3.8) is 0 Å². The molecule has 138 valence electrons. The average molecular weight is 356 g/mol. The summed E-state index contributed by atoms with van der Waals surface area (Å²) >= 11 is 0. The van der Waals surface area contributed by atoms with Crippen LogP contribution in [0.3, 0.4) is 0 Å². The van der Waals surface area contributed by atoms with Gasteiger partial charge < -0.3 is 10.6 Å². The molecule has 3 rings (SSSR count). The number of aryl methyl sites for hydroxylation is 1. The standard InChI is InChI=1S/C18H24N6O2/c1-3-24-16(6-8-21-24)18(26)22-15-12-23(11-14(15)17(25)19-2)10-13-5-4-7-20-9-13/h4-9,14-15H,3,10-12H2,1-2H3,(H,19,25)(H,22,26)/t14-,15-/m0/s1. The fourth-order valence-corrected chi connectivity index (χ4v) is 3.38. The first-order valence-electron chi connectivity index (χ1n) is 8.78. The van der Waals surface area contributed by atoms with E-state index in [1.54, 1.807) is 30.2 Å². The van der Waals surface area contributed by atoms with Gasteiger partial charge >= 0.3 is 0 Å². The molecule has 26 heavy (non-hydrogen) atoms. The number of nitrogens with one attached hydrogen (secondary N) is 2. The predicted molar refractivity (Wildman–Crippen MR) is 96.2 cm³/mol. The Morgan fingerprint density at radius 2 is 2.12 bits per heavy atom. The van der Waals surface area contributed by atoms with Gasteiger partial charge in [0.15, 0.2) is 0 Å². The van der Waals surface area contributed by atoms with E-state index in [2.05, 4.69) is 25.6 Å². The molecule has 0 radical (unpaired) electrons. The Morgan fingerprint density at radius 3 is 2.81 bits per heavy atom. The van der Waals surface area contributed by atoms with E-state index in [1.165, 1.54) is 0 Å². The lowest BCUT2D eigenvalue weighted by molar-refractivity contribution is -0.124. The second-order valence-corrected chi connectivity index (χ2v) is 6.39. The maximum atomic E-state index is 12.6. The molecule has 8 nitrogen and oxygen atoms in total. The van der Waals surface area contributed by atoms with Gasteiger partial charge in [0.05, 0.1) is 12.0 Å². The number of likely N-dealkylation sites (tertiary alicyclic amines) is 1. The highest BCUT2D eigenvalue weighted by atomic mass is 16.2. The second-order valence-electron chi connectivity index (χ2n) is 6.39. The molecule has 0 bridgehead atoms. The normalized spacial score (nSPS) is 20.1. The van der Waals surface area contributed by atoms with Crippen LogP contribution in [-0.4, -0.2) is 57.7 Å². The zero-order chi connectivity index (χ0) is 18.5. The molecule has 0 aromatic carbocycles. The van der Waals surface area contributed by atoms with E-state index in [-0.39, 0.29) is 23.8 Å². The molecule has 2 atom stereocenters. The Bertz CT molecular complexity index is 760. The first-order chi connectivity index (χ1) is 12.6. The fraction of sp³-hybridized carbons (Fsp3) is 0.444. The molecule has 8 heteroatoms. The lowest BCUT2D eigenvalue weighted by atomic mass is 10.0. The first-order valence-corrected chi connectivity index (χ1v) is 8.78. The lowest BCUT2D eigenvalue weighted by Crippen LogP contribution is -2.46. The molecular weight excluding hydrogens is 332 g/mol. The molecule has 2 aromatic rings. The van der Waals surface area contributed by atoms with Gasteiger partial charge in [-0.1, -0.05) is 6.07 Å². The van der Waals surface area contributed by atoms with Crippen molar-refractivity contribution in [3.05, 3.63) is 48.0 Å². The number of aromatic nitrogens is 3. The van der Waals surface area contributed by atoms with Crippen molar-refractivity contribution >= 4 is 11.8 Å². The smallest absolute Gasteiger partial charge is 0.269 e. The topological polar surface area (TPSA) is 92.2 Å². The van der Waals surface area contributed by atoms with Gasteiger partial charge in [0.25, 0.3) is 5.91 Å². The lowest BCUT2D eigenvalue weighted by Gasteiger charge is -2.19. The van der Waals surface area contributed by atoms with Gasteiger partial charge in [0, 0.05) is 51.8 Å². The van der Waals surface area contributed by atoms with Gasteiger partial charge in [-0.05, 0) is 24.6 Å². The van der Waals surface area contributed by atoms with Crippen LogP contribution in [0.2, 0.25) is 0 Å². The van der Waals surface area contributed by atoms with Gasteiger partial charge in [-0.25, -0.2) is 0 Å². The number of rotatable bonds is 6. The Kier molecular flexibility index (Phi) is 5.62. The third kappa shape index (κ3) is 3.91. The molecule has 3 heterocycles. The SMILES string of the molecule is CCn1nccc1C(=O)N[C@H]1CN(Cc2cccnc2)C[C@@H]1C(=O)NC. The molecule has 0 saturated carbocycles. The molecule has 2 aromatic heterocycles. The Morgan fingerprint density at radius 1 is 1.27 bits per heavy atom. The molecule has 0 spiro atoms. The van der Waals surface area contributed by atoms with Crippen LogP contribution in [0, 0.1) is 5.92 Å². The summed E-state index contributed by atoms with van der Waals surface area (Å²) < 4.78 is 1.65. The maximum absolute atomic E-state index is 12.6. The van der Waals surface area contributed by atoms with E-state index in [4.69, 9.17) is 0 Å². The van der Waals surface area contributed by atoms with E-state index in [1.807, 2.05) is 25.3 Å². The largest absolute Gasteiger partial charge is 0.359 e. The molecular formula is C18H24N6O2. The highest BCUT2D eigenvalue weighted by Gasteiger charge is 2.38. The van der Waals surface area contributed by atoms with E-state index in [9.17, 15) is 9.59 Å². The molecule has 1 aliphatic heterocycles. The highest BCUT2D eigenvalue weighted by Crippen LogP contribution is 2.20. The van der Waals surface area contributed by atoms with Crippen molar-refractivity contribution in [3.8, 4) is 0 Å². The minimum Gasteiger partial charge on any atom is -0.359 e.